The highest BCUT2D eigenvalue weighted by Gasteiger charge is 2.17. The minimum Gasteiger partial charge on any atom is -0.488 e. The van der Waals surface area contributed by atoms with Crippen molar-refractivity contribution >= 4 is 43.6 Å². The van der Waals surface area contributed by atoms with Crippen LogP contribution in [0.3, 0.4) is 0 Å². The highest BCUT2D eigenvalue weighted by Crippen LogP contribution is 2.34. The Hall–Kier alpha value is -2.08. The summed E-state index contributed by atoms with van der Waals surface area (Å²) < 4.78 is 7.75. The maximum absolute atomic E-state index is 12.2. The number of nitrogens with one attached hydrogen (secondary N) is 1. The van der Waals surface area contributed by atoms with Crippen molar-refractivity contribution in [3.8, 4) is 23.1 Å². The van der Waals surface area contributed by atoms with Gasteiger partial charge >= 0.3 is 0 Å². The molecule has 27 heavy (non-hydrogen) atoms. The zero-order valence-electron chi connectivity index (χ0n) is 14.1. The number of nitriles is 1. The summed E-state index contributed by atoms with van der Waals surface area (Å²) in [5.41, 5.74) is 1.36. The van der Waals surface area contributed by atoms with Crippen molar-refractivity contribution < 1.29 is 4.74 Å². The van der Waals surface area contributed by atoms with E-state index in [0.29, 0.717) is 28.8 Å². The van der Waals surface area contributed by atoms with Crippen molar-refractivity contribution in [1.29, 1.82) is 5.26 Å². The van der Waals surface area contributed by atoms with E-state index in [9.17, 15) is 10.1 Å². The molecule has 1 N–H and O–H groups in total. The third kappa shape index (κ3) is 4.61. The molecular weight excluding hydrogens is 494 g/mol. The quantitative estimate of drug-likeness (QED) is 0.383. The van der Waals surface area contributed by atoms with E-state index in [1.54, 1.807) is 18.4 Å². The Balaban J connectivity index is 2.06. The third-order valence-electron chi connectivity index (χ3n) is 3.68. The van der Waals surface area contributed by atoms with Gasteiger partial charge in [0, 0.05) is 14.5 Å². The van der Waals surface area contributed by atoms with Crippen LogP contribution in [0.15, 0.2) is 61.4 Å². The second-order valence-electron chi connectivity index (χ2n) is 5.47. The van der Waals surface area contributed by atoms with Crippen LogP contribution in [0.5, 0.6) is 5.75 Å². The highest BCUT2D eigenvalue weighted by molar-refractivity contribution is 9.10. The van der Waals surface area contributed by atoms with E-state index in [-0.39, 0.29) is 5.56 Å². The first-order valence-electron chi connectivity index (χ1n) is 7.77. The summed E-state index contributed by atoms with van der Waals surface area (Å²) in [6.45, 7) is 0.342. The van der Waals surface area contributed by atoms with E-state index < -0.39 is 5.56 Å². The van der Waals surface area contributed by atoms with Crippen LogP contribution in [-0.2, 0) is 6.61 Å². The van der Waals surface area contributed by atoms with E-state index in [4.69, 9.17) is 4.74 Å². The number of hydrogen-bond donors (Lipinski definition) is 1. The van der Waals surface area contributed by atoms with Gasteiger partial charge in [-0.1, -0.05) is 55.8 Å². The van der Waals surface area contributed by atoms with Crippen LogP contribution in [-0.4, -0.2) is 16.2 Å². The molecule has 1 heterocycles. The smallest absolute Gasteiger partial charge is 0.270 e. The standard InChI is InChI=1S/C19H13Br2N3O2S/c1-27-19-23-17(15(9-22)18(25)24-19)14-8-13(21)5-6-16(14)26-10-11-3-2-4-12(20)7-11/h2-8H,10H2,1H3,(H,23,24,25). The summed E-state index contributed by atoms with van der Waals surface area (Å²) in [4.78, 5) is 19.3. The molecule has 0 aliphatic rings. The predicted octanol–water partition coefficient (Wildman–Crippen LogP) is 5.13. The zero-order chi connectivity index (χ0) is 19.4. The molecule has 136 valence electrons. The van der Waals surface area contributed by atoms with Crippen LogP contribution >= 0.6 is 43.6 Å². The monoisotopic (exact) mass is 505 g/mol. The molecule has 0 bridgehead atoms. The lowest BCUT2D eigenvalue weighted by Gasteiger charge is -2.13. The number of ether oxygens (including phenoxy) is 1. The molecule has 0 saturated carbocycles. The second-order valence-corrected chi connectivity index (χ2v) is 8.10. The van der Waals surface area contributed by atoms with Crippen molar-refractivity contribution in [3.63, 3.8) is 0 Å². The molecule has 0 aliphatic carbocycles. The van der Waals surface area contributed by atoms with Crippen LogP contribution < -0.4 is 10.3 Å². The maximum atomic E-state index is 12.2. The fourth-order valence-electron chi connectivity index (χ4n) is 2.45. The van der Waals surface area contributed by atoms with Gasteiger partial charge in [0.25, 0.3) is 5.56 Å². The maximum Gasteiger partial charge on any atom is 0.270 e. The van der Waals surface area contributed by atoms with Crippen molar-refractivity contribution in [3.05, 3.63) is 72.9 Å². The first-order valence-corrected chi connectivity index (χ1v) is 10.6. The summed E-state index contributed by atoms with van der Waals surface area (Å²) in [6, 6.07) is 15.2. The first-order chi connectivity index (χ1) is 13.0. The SMILES string of the molecule is CSc1nc(-c2cc(Br)ccc2OCc2cccc(Br)c2)c(C#N)c(=O)[nH]1. The van der Waals surface area contributed by atoms with E-state index in [2.05, 4.69) is 41.8 Å². The van der Waals surface area contributed by atoms with Crippen molar-refractivity contribution in [2.45, 2.75) is 11.8 Å². The van der Waals surface area contributed by atoms with Crippen LogP contribution in [0.2, 0.25) is 0 Å². The lowest BCUT2D eigenvalue weighted by atomic mass is 10.1. The molecule has 1 aromatic heterocycles. The number of halogens is 2. The average Bonchev–Trinajstić information content (AvgIpc) is 2.66. The Labute approximate surface area is 177 Å². The van der Waals surface area contributed by atoms with Gasteiger partial charge in [0.1, 0.15) is 29.7 Å². The summed E-state index contributed by atoms with van der Waals surface area (Å²) in [5, 5.41) is 9.89. The normalized spacial score (nSPS) is 10.4. The van der Waals surface area contributed by atoms with Crippen LogP contribution in [0.1, 0.15) is 11.1 Å². The molecule has 0 atom stereocenters. The average molecular weight is 507 g/mol. The van der Waals surface area contributed by atoms with Crippen molar-refractivity contribution in [1.82, 2.24) is 9.97 Å². The fourth-order valence-corrected chi connectivity index (χ4v) is 3.63. The topological polar surface area (TPSA) is 78.8 Å². The molecule has 5 nitrogen and oxygen atoms in total. The number of aromatic nitrogens is 2. The molecule has 0 aliphatic heterocycles. The molecule has 3 rings (SSSR count). The Morgan fingerprint density at radius 1 is 1.22 bits per heavy atom. The summed E-state index contributed by atoms with van der Waals surface area (Å²) in [7, 11) is 0. The largest absolute Gasteiger partial charge is 0.488 e. The number of hydrogen-bond acceptors (Lipinski definition) is 5. The van der Waals surface area contributed by atoms with Gasteiger partial charge in [0.15, 0.2) is 5.16 Å². The fraction of sp³-hybridized carbons (Fsp3) is 0.105. The summed E-state index contributed by atoms with van der Waals surface area (Å²) in [6.07, 6.45) is 1.81. The summed E-state index contributed by atoms with van der Waals surface area (Å²) >= 11 is 8.18. The predicted molar refractivity (Wildman–Crippen MR) is 113 cm³/mol. The number of rotatable bonds is 5. The lowest BCUT2D eigenvalue weighted by Crippen LogP contribution is -2.15. The molecule has 0 unspecified atom stereocenters. The molecule has 0 radical (unpaired) electrons. The number of aromatic amines is 1. The molecule has 0 fully saturated rings. The van der Waals surface area contributed by atoms with Crippen LogP contribution in [0.4, 0.5) is 0 Å². The van der Waals surface area contributed by atoms with Gasteiger partial charge in [-0.3, -0.25) is 4.79 Å². The molecule has 8 heteroatoms. The van der Waals surface area contributed by atoms with Gasteiger partial charge in [-0.05, 0) is 42.2 Å². The Bertz CT molecular complexity index is 1090. The molecule has 2 aromatic carbocycles. The Morgan fingerprint density at radius 2 is 2.00 bits per heavy atom. The van der Waals surface area contributed by atoms with Crippen molar-refractivity contribution in [2.75, 3.05) is 6.26 Å². The summed E-state index contributed by atoms with van der Waals surface area (Å²) in [5.74, 6) is 0.542. The van der Waals surface area contributed by atoms with E-state index in [0.717, 1.165) is 14.5 Å². The zero-order valence-corrected chi connectivity index (χ0v) is 18.1. The first kappa shape index (κ1) is 19.7. The van der Waals surface area contributed by atoms with Crippen molar-refractivity contribution in [2.24, 2.45) is 0 Å². The molecule has 3 aromatic rings. The van der Waals surface area contributed by atoms with Gasteiger partial charge in [-0.15, -0.1) is 0 Å². The van der Waals surface area contributed by atoms with E-state index in [1.165, 1.54) is 11.8 Å². The Kier molecular flexibility index (Phi) is 6.37. The molecular formula is C19H13Br2N3O2S. The molecule has 0 spiro atoms. The second kappa shape index (κ2) is 8.74. The van der Waals surface area contributed by atoms with E-state index in [1.807, 2.05) is 36.4 Å². The molecule has 0 amide bonds. The number of nitrogens with zero attached hydrogens (tertiary/aromatic N) is 2. The third-order valence-corrected chi connectivity index (χ3v) is 5.25. The minimum atomic E-state index is -0.468. The van der Waals surface area contributed by atoms with Gasteiger partial charge in [0.2, 0.25) is 0 Å². The van der Waals surface area contributed by atoms with Gasteiger partial charge in [0.05, 0.1) is 0 Å². The van der Waals surface area contributed by atoms with Gasteiger partial charge in [-0.2, -0.15) is 5.26 Å². The van der Waals surface area contributed by atoms with Gasteiger partial charge in [-0.25, -0.2) is 4.98 Å². The Morgan fingerprint density at radius 3 is 2.70 bits per heavy atom. The van der Waals surface area contributed by atoms with Crippen LogP contribution in [0.25, 0.3) is 11.3 Å². The number of H-pyrrole nitrogens is 1. The number of benzene rings is 2. The van der Waals surface area contributed by atoms with Gasteiger partial charge < -0.3 is 9.72 Å². The van der Waals surface area contributed by atoms with Crippen LogP contribution in [0, 0.1) is 11.3 Å². The van der Waals surface area contributed by atoms with E-state index >= 15 is 0 Å². The minimum absolute atomic E-state index is 0.0433. The number of thioether (sulfide) groups is 1. The molecule has 0 saturated heterocycles. The lowest BCUT2D eigenvalue weighted by molar-refractivity contribution is 0.307. The highest BCUT2D eigenvalue weighted by atomic mass is 79.9.